The lowest BCUT2D eigenvalue weighted by Crippen LogP contribution is -2.28. The summed E-state index contributed by atoms with van der Waals surface area (Å²) in [5.74, 6) is -0.209. The summed E-state index contributed by atoms with van der Waals surface area (Å²) in [6.07, 6.45) is -9.22. The molecule has 10 heteroatoms. The van der Waals surface area contributed by atoms with Crippen LogP contribution in [0.4, 0.5) is 26.3 Å². The smallest absolute Gasteiger partial charge is 0.412 e. The first-order chi connectivity index (χ1) is 13.3. The summed E-state index contributed by atoms with van der Waals surface area (Å²) in [5, 5.41) is -0.107. The van der Waals surface area contributed by atoms with Gasteiger partial charge in [0.05, 0.1) is 22.0 Å². The maximum Gasteiger partial charge on any atom is 0.416 e. The Morgan fingerprint density at radius 1 is 0.897 bits per heavy atom. The standard InChI is InChI=1S/C19H14F6N2O2/c1-9-6-11(4-5-13(9)18(20,21)22)16-26-15-8-14(19(23,24)25)10(2)7-12(15)17(28)27(16)29-3/h4-8H,1-3H3. The quantitative estimate of drug-likeness (QED) is 0.565. The molecule has 154 valence electrons. The number of halogens is 6. The van der Waals surface area contributed by atoms with Crippen molar-refractivity contribution in [1.82, 2.24) is 9.71 Å². The third kappa shape index (κ3) is 3.66. The number of rotatable bonds is 2. The van der Waals surface area contributed by atoms with Gasteiger partial charge in [-0.2, -0.15) is 26.3 Å². The van der Waals surface area contributed by atoms with E-state index in [-0.39, 0.29) is 33.4 Å². The van der Waals surface area contributed by atoms with Gasteiger partial charge in [0, 0.05) is 5.56 Å². The molecule has 0 amide bonds. The number of hydrogen-bond donors (Lipinski definition) is 0. The van der Waals surface area contributed by atoms with Crippen LogP contribution in [0.2, 0.25) is 0 Å². The lowest BCUT2D eigenvalue weighted by Gasteiger charge is -2.16. The van der Waals surface area contributed by atoms with Crippen LogP contribution in [0.15, 0.2) is 35.1 Å². The maximum atomic E-state index is 13.2. The highest BCUT2D eigenvalue weighted by Gasteiger charge is 2.34. The first-order valence-electron chi connectivity index (χ1n) is 8.22. The monoisotopic (exact) mass is 416 g/mol. The molecule has 4 nitrogen and oxygen atoms in total. The van der Waals surface area contributed by atoms with Gasteiger partial charge in [-0.05, 0) is 49.2 Å². The Bertz CT molecular complexity index is 1160. The van der Waals surface area contributed by atoms with E-state index in [1.54, 1.807) is 0 Å². The highest BCUT2D eigenvalue weighted by Crippen LogP contribution is 2.35. The first-order valence-corrected chi connectivity index (χ1v) is 8.22. The molecule has 2 aromatic carbocycles. The molecule has 1 aromatic heterocycles. The van der Waals surface area contributed by atoms with E-state index < -0.39 is 29.0 Å². The van der Waals surface area contributed by atoms with Crippen molar-refractivity contribution >= 4 is 10.9 Å². The van der Waals surface area contributed by atoms with Crippen molar-refractivity contribution in [3.63, 3.8) is 0 Å². The van der Waals surface area contributed by atoms with Gasteiger partial charge in [-0.15, -0.1) is 4.73 Å². The molecule has 0 N–H and O–H groups in total. The fraction of sp³-hybridized carbons (Fsp3) is 0.263. The van der Waals surface area contributed by atoms with Gasteiger partial charge >= 0.3 is 12.4 Å². The van der Waals surface area contributed by atoms with E-state index in [0.717, 1.165) is 42.2 Å². The van der Waals surface area contributed by atoms with Crippen LogP contribution in [0.25, 0.3) is 22.3 Å². The van der Waals surface area contributed by atoms with Crippen molar-refractivity contribution in [1.29, 1.82) is 0 Å². The molecule has 29 heavy (non-hydrogen) atoms. The number of aromatic nitrogens is 2. The average molecular weight is 416 g/mol. The van der Waals surface area contributed by atoms with Gasteiger partial charge in [-0.1, -0.05) is 6.07 Å². The van der Waals surface area contributed by atoms with E-state index in [1.807, 2.05) is 0 Å². The summed E-state index contributed by atoms with van der Waals surface area (Å²) in [4.78, 5) is 21.8. The molecule has 0 spiro atoms. The lowest BCUT2D eigenvalue weighted by molar-refractivity contribution is -0.138. The minimum Gasteiger partial charge on any atom is -0.412 e. The van der Waals surface area contributed by atoms with E-state index in [2.05, 4.69) is 4.98 Å². The number of benzene rings is 2. The van der Waals surface area contributed by atoms with Crippen molar-refractivity contribution < 1.29 is 31.2 Å². The Kier molecular flexibility index (Phi) is 4.84. The van der Waals surface area contributed by atoms with Crippen LogP contribution >= 0.6 is 0 Å². The van der Waals surface area contributed by atoms with E-state index in [9.17, 15) is 31.1 Å². The molecule has 0 fully saturated rings. The number of nitrogens with zero attached hydrogens (tertiary/aromatic N) is 2. The van der Waals surface area contributed by atoms with Crippen LogP contribution in [-0.2, 0) is 12.4 Å². The summed E-state index contributed by atoms with van der Waals surface area (Å²) in [6, 6.07) is 4.84. The second-order valence-corrected chi connectivity index (χ2v) is 6.43. The van der Waals surface area contributed by atoms with Crippen molar-refractivity contribution in [3.8, 4) is 11.4 Å². The molecule has 0 radical (unpaired) electrons. The fourth-order valence-electron chi connectivity index (χ4n) is 3.10. The molecule has 3 rings (SSSR count). The normalized spacial score (nSPS) is 12.4. The van der Waals surface area contributed by atoms with Gasteiger partial charge in [0.2, 0.25) is 0 Å². The Morgan fingerprint density at radius 3 is 2.00 bits per heavy atom. The summed E-state index contributed by atoms with van der Waals surface area (Å²) in [6.45, 7) is 2.44. The van der Waals surface area contributed by atoms with Gasteiger partial charge in [0.1, 0.15) is 7.11 Å². The second-order valence-electron chi connectivity index (χ2n) is 6.43. The molecule has 0 atom stereocenters. The number of alkyl halides is 6. The molecular weight excluding hydrogens is 402 g/mol. The summed E-state index contributed by atoms with van der Waals surface area (Å²) >= 11 is 0. The zero-order valence-corrected chi connectivity index (χ0v) is 15.4. The van der Waals surface area contributed by atoms with Crippen LogP contribution in [0.3, 0.4) is 0 Å². The van der Waals surface area contributed by atoms with E-state index >= 15 is 0 Å². The zero-order valence-electron chi connectivity index (χ0n) is 15.4. The predicted molar refractivity (Wildman–Crippen MR) is 93.4 cm³/mol. The average Bonchev–Trinajstić information content (AvgIpc) is 2.59. The molecule has 0 bridgehead atoms. The third-order valence-electron chi connectivity index (χ3n) is 4.45. The van der Waals surface area contributed by atoms with Crippen molar-refractivity contribution in [2.75, 3.05) is 7.11 Å². The number of hydrogen-bond acceptors (Lipinski definition) is 3. The van der Waals surface area contributed by atoms with Gasteiger partial charge in [-0.3, -0.25) is 4.79 Å². The SMILES string of the molecule is COn1c(-c2ccc(C(F)(F)F)c(C)c2)nc2cc(C(F)(F)F)c(C)cc2c1=O. The second kappa shape index (κ2) is 6.78. The zero-order chi connectivity index (χ0) is 21.7. The minimum absolute atomic E-state index is 0.0884. The van der Waals surface area contributed by atoms with Gasteiger partial charge in [-0.25, -0.2) is 4.98 Å². The Morgan fingerprint density at radius 2 is 1.48 bits per heavy atom. The van der Waals surface area contributed by atoms with Crippen LogP contribution in [0.1, 0.15) is 22.3 Å². The van der Waals surface area contributed by atoms with Crippen LogP contribution in [0.5, 0.6) is 0 Å². The first kappa shape index (κ1) is 20.7. The molecular formula is C19H14F6N2O2. The summed E-state index contributed by atoms with van der Waals surface area (Å²) in [7, 11) is 1.15. The Labute approximate surface area is 160 Å². The van der Waals surface area contributed by atoms with E-state index in [4.69, 9.17) is 4.84 Å². The molecule has 3 aromatic rings. The highest BCUT2D eigenvalue weighted by atomic mass is 19.4. The molecule has 0 saturated carbocycles. The fourth-order valence-corrected chi connectivity index (χ4v) is 3.10. The van der Waals surface area contributed by atoms with Crippen LogP contribution < -0.4 is 10.4 Å². The van der Waals surface area contributed by atoms with E-state index in [1.165, 1.54) is 13.8 Å². The van der Waals surface area contributed by atoms with Crippen LogP contribution in [-0.4, -0.2) is 16.8 Å². The van der Waals surface area contributed by atoms with E-state index in [0.29, 0.717) is 0 Å². The number of aryl methyl sites for hydroxylation is 2. The van der Waals surface area contributed by atoms with Crippen molar-refractivity contribution in [2.45, 2.75) is 26.2 Å². The predicted octanol–water partition coefficient (Wildman–Crippen LogP) is 4.78. The van der Waals surface area contributed by atoms with Crippen molar-refractivity contribution in [3.05, 3.63) is 62.9 Å². The van der Waals surface area contributed by atoms with Gasteiger partial charge in [0.15, 0.2) is 5.82 Å². The largest absolute Gasteiger partial charge is 0.416 e. The summed E-state index contributed by atoms with van der Waals surface area (Å²) < 4.78 is 79.3. The highest BCUT2D eigenvalue weighted by molar-refractivity contribution is 5.81. The molecule has 0 aliphatic rings. The van der Waals surface area contributed by atoms with Gasteiger partial charge < -0.3 is 4.84 Å². The summed E-state index contributed by atoms with van der Waals surface area (Å²) in [5.41, 5.74) is -3.05. The molecule has 1 heterocycles. The Hall–Kier alpha value is -3.04. The maximum absolute atomic E-state index is 13.2. The third-order valence-corrected chi connectivity index (χ3v) is 4.45. The lowest BCUT2D eigenvalue weighted by atomic mass is 10.0. The topological polar surface area (TPSA) is 44.1 Å². The minimum atomic E-state index is -4.65. The molecule has 0 aliphatic carbocycles. The van der Waals surface area contributed by atoms with Gasteiger partial charge in [0.25, 0.3) is 5.56 Å². The van der Waals surface area contributed by atoms with Crippen molar-refractivity contribution in [2.24, 2.45) is 0 Å². The number of fused-ring (bicyclic) bond motifs is 1. The molecule has 0 aliphatic heterocycles. The molecule has 0 saturated heterocycles. The van der Waals surface area contributed by atoms with Crippen LogP contribution in [0, 0.1) is 13.8 Å². The molecule has 0 unspecified atom stereocenters. The Balaban J connectivity index is 2.32.